The largest absolute Gasteiger partial charge is 0.349 e. The Morgan fingerprint density at radius 1 is 1.18 bits per heavy atom. The molecule has 1 rings (SSSR count). The minimum absolute atomic E-state index is 0.00759. The Labute approximate surface area is 135 Å². The van der Waals surface area contributed by atoms with E-state index in [-0.39, 0.29) is 29.9 Å². The summed E-state index contributed by atoms with van der Waals surface area (Å²) in [5.74, 6) is 1.23. The second-order valence-corrected chi connectivity index (χ2v) is 7.35. The lowest BCUT2D eigenvalue weighted by Gasteiger charge is -2.35. The van der Waals surface area contributed by atoms with Crippen molar-refractivity contribution in [2.75, 3.05) is 13.6 Å². The predicted molar refractivity (Wildman–Crippen MR) is 88.6 cm³/mol. The summed E-state index contributed by atoms with van der Waals surface area (Å²) >= 11 is 0. The van der Waals surface area contributed by atoms with Gasteiger partial charge in [-0.1, -0.05) is 26.7 Å². The number of quaternary nitrogens is 1. The Bertz CT molecular complexity index is 384. The molecule has 0 aromatic heterocycles. The number of rotatable bonds is 6. The van der Waals surface area contributed by atoms with Crippen LogP contribution in [0.1, 0.15) is 53.9 Å². The van der Waals surface area contributed by atoms with Crippen molar-refractivity contribution in [2.24, 2.45) is 11.8 Å². The van der Waals surface area contributed by atoms with E-state index < -0.39 is 0 Å². The minimum atomic E-state index is -0.220. The summed E-state index contributed by atoms with van der Waals surface area (Å²) < 4.78 is 0. The summed E-state index contributed by atoms with van der Waals surface area (Å²) in [6.07, 6.45) is 3.50. The highest BCUT2D eigenvalue weighted by Crippen LogP contribution is 2.29. The molecule has 1 fully saturated rings. The molecule has 22 heavy (non-hydrogen) atoms. The average Bonchev–Trinajstić information content (AvgIpc) is 2.41. The molecule has 0 spiro atoms. The quantitative estimate of drug-likeness (QED) is 0.663. The number of likely N-dealkylation sites (N-methyl/N-ethyl adjacent to an activating group) is 1. The van der Waals surface area contributed by atoms with Gasteiger partial charge >= 0.3 is 0 Å². The van der Waals surface area contributed by atoms with Crippen molar-refractivity contribution in [1.29, 1.82) is 0 Å². The smallest absolute Gasteiger partial charge is 0.278 e. The zero-order valence-electron chi connectivity index (χ0n) is 15.0. The van der Waals surface area contributed by atoms with E-state index in [2.05, 4.69) is 24.5 Å². The molecule has 0 radical (unpaired) electrons. The van der Waals surface area contributed by atoms with Crippen molar-refractivity contribution in [3.05, 3.63) is 0 Å². The summed E-state index contributed by atoms with van der Waals surface area (Å²) in [6, 6.07) is 0.187. The van der Waals surface area contributed by atoms with E-state index in [1.54, 1.807) is 0 Å². The summed E-state index contributed by atoms with van der Waals surface area (Å²) in [5, 5.41) is 6.07. The lowest BCUT2D eigenvalue weighted by Crippen LogP contribution is -3.15. The van der Waals surface area contributed by atoms with E-state index >= 15 is 0 Å². The van der Waals surface area contributed by atoms with E-state index in [1.165, 1.54) is 12.8 Å². The van der Waals surface area contributed by atoms with Gasteiger partial charge in [0.2, 0.25) is 0 Å². The Balaban J connectivity index is 2.48. The molecule has 128 valence electrons. The minimum Gasteiger partial charge on any atom is -0.349 e. The number of hydrogen-bond donors (Lipinski definition) is 3. The second kappa shape index (κ2) is 8.51. The molecule has 5 heteroatoms. The van der Waals surface area contributed by atoms with Crippen molar-refractivity contribution < 1.29 is 14.5 Å². The van der Waals surface area contributed by atoms with Crippen LogP contribution in [0.15, 0.2) is 0 Å². The first-order valence-corrected chi connectivity index (χ1v) is 8.64. The highest BCUT2D eigenvalue weighted by Gasteiger charge is 2.31. The third kappa shape index (κ3) is 5.59. The molecule has 1 aliphatic carbocycles. The van der Waals surface area contributed by atoms with Crippen LogP contribution in [0.5, 0.6) is 0 Å². The molecular weight excluding hydrogens is 278 g/mol. The fraction of sp³-hybridized carbons (Fsp3) is 0.882. The molecule has 0 bridgehead atoms. The monoisotopic (exact) mass is 312 g/mol. The Morgan fingerprint density at radius 2 is 1.82 bits per heavy atom. The molecule has 3 N–H and O–H groups in total. The first kappa shape index (κ1) is 18.9. The van der Waals surface area contributed by atoms with E-state index in [0.717, 1.165) is 11.3 Å². The van der Waals surface area contributed by atoms with Crippen molar-refractivity contribution in [2.45, 2.75) is 72.0 Å². The van der Waals surface area contributed by atoms with Crippen molar-refractivity contribution in [3.8, 4) is 0 Å². The summed E-state index contributed by atoms with van der Waals surface area (Å²) in [6.45, 7) is 10.6. The van der Waals surface area contributed by atoms with Gasteiger partial charge in [0.25, 0.3) is 11.8 Å². The summed E-state index contributed by atoms with van der Waals surface area (Å²) in [7, 11) is 1.90. The van der Waals surface area contributed by atoms with Crippen molar-refractivity contribution in [1.82, 2.24) is 10.6 Å². The Hall–Kier alpha value is -1.10. The number of hydrogen-bond acceptors (Lipinski definition) is 2. The zero-order chi connectivity index (χ0) is 16.9. The molecule has 1 unspecified atom stereocenters. The molecule has 5 nitrogen and oxygen atoms in total. The van der Waals surface area contributed by atoms with Crippen LogP contribution in [-0.2, 0) is 9.59 Å². The topological polar surface area (TPSA) is 62.6 Å². The molecule has 0 aromatic carbocycles. The zero-order valence-corrected chi connectivity index (χ0v) is 15.0. The fourth-order valence-electron chi connectivity index (χ4n) is 3.10. The molecular formula is C17H34N3O2+. The van der Waals surface area contributed by atoms with Gasteiger partial charge in [0.15, 0.2) is 12.6 Å². The third-order valence-electron chi connectivity index (χ3n) is 5.06. The molecule has 1 aliphatic rings. The van der Waals surface area contributed by atoms with Crippen LogP contribution >= 0.6 is 0 Å². The first-order chi connectivity index (χ1) is 10.2. The van der Waals surface area contributed by atoms with E-state index in [0.29, 0.717) is 18.4 Å². The van der Waals surface area contributed by atoms with Gasteiger partial charge in [-0.15, -0.1) is 0 Å². The van der Waals surface area contributed by atoms with Gasteiger partial charge in [-0.05, 0) is 39.0 Å². The van der Waals surface area contributed by atoms with Crippen LogP contribution in [0.2, 0.25) is 0 Å². The molecule has 0 heterocycles. The number of carbonyl (C=O) groups excluding carboxylic acids is 2. The van der Waals surface area contributed by atoms with Crippen LogP contribution in [-0.4, -0.2) is 43.5 Å². The van der Waals surface area contributed by atoms with Crippen LogP contribution in [0.25, 0.3) is 0 Å². The highest BCUT2D eigenvalue weighted by molar-refractivity contribution is 5.81. The molecule has 5 atom stereocenters. The molecule has 0 aliphatic heterocycles. The lowest BCUT2D eigenvalue weighted by atomic mass is 9.78. The predicted octanol–water partition coefficient (Wildman–Crippen LogP) is 0.355. The van der Waals surface area contributed by atoms with Crippen LogP contribution in [0, 0.1) is 11.8 Å². The van der Waals surface area contributed by atoms with Gasteiger partial charge in [0, 0.05) is 12.1 Å². The molecule has 1 saturated carbocycles. The number of nitrogens with one attached hydrogen (secondary N) is 3. The summed E-state index contributed by atoms with van der Waals surface area (Å²) in [5.41, 5.74) is 0. The third-order valence-corrected chi connectivity index (χ3v) is 5.06. The van der Waals surface area contributed by atoms with Gasteiger partial charge < -0.3 is 15.5 Å². The Morgan fingerprint density at radius 3 is 2.41 bits per heavy atom. The maximum atomic E-state index is 12.4. The second-order valence-electron chi connectivity index (χ2n) is 7.35. The fourth-order valence-corrected chi connectivity index (χ4v) is 3.10. The number of carbonyl (C=O) groups is 2. The van der Waals surface area contributed by atoms with Gasteiger partial charge in [0.1, 0.15) is 0 Å². The average molecular weight is 312 g/mol. The van der Waals surface area contributed by atoms with Gasteiger partial charge in [-0.3, -0.25) is 9.59 Å². The van der Waals surface area contributed by atoms with Crippen LogP contribution in [0.3, 0.4) is 0 Å². The highest BCUT2D eigenvalue weighted by atomic mass is 16.2. The lowest BCUT2D eigenvalue weighted by molar-refractivity contribution is -0.886. The molecule has 0 saturated heterocycles. The van der Waals surface area contributed by atoms with E-state index in [9.17, 15) is 9.59 Å². The van der Waals surface area contributed by atoms with E-state index in [4.69, 9.17) is 0 Å². The first-order valence-electron chi connectivity index (χ1n) is 8.64. The van der Waals surface area contributed by atoms with Crippen molar-refractivity contribution in [3.63, 3.8) is 0 Å². The van der Waals surface area contributed by atoms with Crippen LogP contribution < -0.4 is 15.5 Å². The van der Waals surface area contributed by atoms with Crippen LogP contribution in [0.4, 0.5) is 0 Å². The maximum absolute atomic E-state index is 12.4. The van der Waals surface area contributed by atoms with Gasteiger partial charge in [0.05, 0.1) is 7.05 Å². The molecule has 2 amide bonds. The standard InChI is InChI=1S/C17H33N3O2/c1-11(2)18-16(21)10-20(6)14(5)17(22)19-15-9-7-8-12(3)13(15)4/h11-15H,7-10H2,1-6H3,(H,18,21)(H,19,22)/p+1/t12-,13-,14-,15+/m1/s1. The summed E-state index contributed by atoms with van der Waals surface area (Å²) in [4.78, 5) is 25.2. The van der Waals surface area contributed by atoms with Crippen molar-refractivity contribution >= 4 is 11.8 Å². The Kier molecular flexibility index (Phi) is 7.33. The van der Waals surface area contributed by atoms with Gasteiger partial charge in [-0.25, -0.2) is 0 Å². The maximum Gasteiger partial charge on any atom is 0.278 e. The number of amides is 2. The van der Waals surface area contributed by atoms with E-state index in [1.807, 2.05) is 27.8 Å². The normalized spacial score (nSPS) is 28.0. The van der Waals surface area contributed by atoms with Gasteiger partial charge in [-0.2, -0.15) is 0 Å². The molecule has 0 aromatic rings. The SMILES string of the molecule is CC(C)NC(=O)C[NH+](C)[C@H](C)C(=O)N[C@H]1CCC[C@@H](C)[C@H]1C.